The summed E-state index contributed by atoms with van der Waals surface area (Å²) in [5.41, 5.74) is 1.22. The molecule has 146 valence electrons. The topological polar surface area (TPSA) is 95.8 Å². The predicted octanol–water partition coefficient (Wildman–Crippen LogP) is 3.17. The van der Waals surface area contributed by atoms with Crippen LogP contribution in [0.15, 0.2) is 42.5 Å². The quantitative estimate of drug-likeness (QED) is 0.626. The molecular weight excluding hydrogens is 384 g/mol. The molecule has 0 unspecified atom stereocenters. The molecule has 0 aliphatic carbocycles. The molecule has 1 aliphatic heterocycles. The molecule has 1 heterocycles. The Morgan fingerprint density at radius 1 is 1.11 bits per heavy atom. The van der Waals surface area contributed by atoms with Crippen LogP contribution in [0.4, 0.5) is 17.1 Å². The maximum absolute atomic E-state index is 12.7. The molecule has 0 radical (unpaired) electrons. The molecule has 1 aliphatic rings. The third kappa shape index (κ3) is 4.23. The van der Waals surface area contributed by atoms with E-state index in [0.29, 0.717) is 31.9 Å². The van der Waals surface area contributed by atoms with Crippen LogP contribution < -0.4 is 10.2 Å². The van der Waals surface area contributed by atoms with Gasteiger partial charge < -0.3 is 15.1 Å². The average molecular weight is 403 g/mol. The molecule has 2 aromatic carbocycles. The van der Waals surface area contributed by atoms with Crippen LogP contribution in [0.3, 0.4) is 0 Å². The predicted molar refractivity (Wildman–Crippen MR) is 107 cm³/mol. The number of carbonyl (C=O) groups excluding carboxylic acids is 2. The zero-order valence-corrected chi connectivity index (χ0v) is 16.0. The zero-order chi connectivity index (χ0) is 20.3. The van der Waals surface area contributed by atoms with Crippen LogP contribution in [-0.2, 0) is 4.79 Å². The van der Waals surface area contributed by atoms with Crippen molar-refractivity contribution in [2.45, 2.75) is 6.92 Å². The summed E-state index contributed by atoms with van der Waals surface area (Å²) in [5.74, 6) is -0.481. The number of piperazine rings is 1. The summed E-state index contributed by atoms with van der Waals surface area (Å²) < 4.78 is 0. The Hall–Kier alpha value is -3.13. The number of hydrogen-bond donors (Lipinski definition) is 1. The molecule has 3 rings (SSSR count). The van der Waals surface area contributed by atoms with Crippen LogP contribution >= 0.6 is 11.6 Å². The third-order valence-electron chi connectivity index (χ3n) is 4.62. The SMILES string of the molecule is CC(=O)N1CCN(c2ccccc2NC(=O)c2cc([N+](=O)[O-])ccc2Cl)CC1. The van der Waals surface area contributed by atoms with Gasteiger partial charge in [0.2, 0.25) is 5.91 Å². The Morgan fingerprint density at radius 3 is 2.43 bits per heavy atom. The van der Waals surface area contributed by atoms with Gasteiger partial charge in [-0.25, -0.2) is 0 Å². The number of halogens is 1. The molecular formula is C19H19ClN4O4. The first kappa shape index (κ1) is 19.6. The van der Waals surface area contributed by atoms with Crippen molar-refractivity contribution < 1.29 is 14.5 Å². The number of hydrogen-bond acceptors (Lipinski definition) is 5. The number of amides is 2. The third-order valence-corrected chi connectivity index (χ3v) is 4.95. The van der Waals surface area contributed by atoms with Crippen LogP contribution in [0, 0.1) is 10.1 Å². The van der Waals surface area contributed by atoms with Crippen LogP contribution in [0.1, 0.15) is 17.3 Å². The van der Waals surface area contributed by atoms with E-state index < -0.39 is 10.8 Å². The number of carbonyl (C=O) groups is 2. The van der Waals surface area contributed by atoms with Gasteiger partial charge in [-0.1, -0.05) is 23.7 Å². The van der Waals surface area contributed by atoms with Gasteiger partial charge in [-0.2, -0.15) is 0 Å². The monoisotopic (exact) mass is 402 g/mol. The molecule has 8 nitrogen and oxygen atoms in total. The number of nitro groups is 1. The highest BCUT2D eigenvalue weighted by atomic mass is 35.5. The van der Waals surface area contributed by atoms with Gasteiger partial charge in [-0.3, -0.25) is 19.7 Å². The van der Waals surface area contributed by atoms with Gasteiger partial charge in [0, 0.05) is 45.2 Å². The standard InChI is InChI=1S/C19H19ClN4O4/c1-13(25)22-8-10-23(11-9-22)18-5-3-2-4-17(18)21-19(26)15-12-14(24(27)28)6-7-16(15)20/h2-7,12H,8-11H2,1H3,(H,21,26). The number of nitrogens with zero attached hydrogens (tertiary/aromatic N) is 3. The van der Waals surface area contributed by atoms with Crippen LogP contribution in [-0.4, -0.2) is 47.8 Å². The van der Waals surface area contributed by atoms with E-state index in [1.165, 1.54) is 12.1 Å². The molecule has 0 aromatic heterocycles. The number of rotatable bonds is 4. The van der Waals surface area contributed by atoms with E-state index in [1.807, 2.05) is 12.1 Å². The Balaban J connectivity index is 1.81. The van der Waals surface area contributed by atoms with Gasteiger partial charge in [0.15, 0.2) is 0 Å². The van der Waals surface area contributed by atoms with Crippen molar-refractivity contribution in [3.05, 3.63) is 63.2 Å². The largest absolute Gasteiger partial charge is 0.366 e. The minimum atomic E-state index is -0.574. The number of anilines is 2. The number of para-hydroxylation sites is 2. The molecule has 1 saturated heterocycles. The summed E-state index contributed by atoms with van der Waals surface area (Å²) in [6.07, 6.45) is 0. The summed E-state index contributed by atoms with van der Waals surface area (Å²) in [6, 6.07) is 11.0. The molecule has 28 heavy (non-hydrogen) atoms. The van der Waals surface area contributed by atoms with E-state index in [1.54, 1.807) is 24.0 Å². The van der Waals surface area contributed by atoms with Crippen molar-refractivity contribution in [3.8, 4) is 0 Å². The first-order chi connectivity index (χ1) is 13.4. The number of nitro benzene ring substituents is 1. The second-order valence-corrected chi connectivity index (χ2v) is 6.79. The van der Waals surface area contributed by atoms with Gasteiger partial charge in [0.05, 0.1) is 26.9 Å². The molecule has 2 aromatic rings. The highest BCUT2D eigenvalue weighted by molar-refractivity contribution is 6.34. The number of nitrogens with one attached hydrogen (secondary N) is 1. The zero-order valence-electron chi connectivity index (χ0n) is 15.2. The van der Waals surface area contributed by atoms with Crippen LogP contribution in [0.5, 0.6) is 0 Å². The molecule has 0 atom stereocenters. The fourth-order valence-corrected chi connectivity index (χ4v) is 3.31. The molecule has 0 saturated carbocycles. The van der Waals surface area contributed by atoms with Crippen LogP contribution in [0.2, 0.25) is 5.02 Å². The molecule has 1 fully saturated rings. The van der Waals surface area contributed by atoms with Gasteiger partial charge in [0.25, 0.3) is 11.6 Å². The average Bonchev–Trinajstić information content (AvgIpc) is 2.68. The lowest BCUT2D eigenvalue weighted by Gasteiger charge is -2.36. The van der Waals surface area contributed by atoms with Crippen LogP contribution in [0.25, 0.3) is 0 Å². The lowest BCUT2D eigenvalue weighted by Crippen LogP contribution is -2.48. The van der Waals surface area contributed by atoms with Crippen molar-refractivity contribution in [1.29, 1.82) is 0 Å². The summed E-state index contributed by atoms with van der Waals surface area (Å²) >= 11 is 6.06. The summed E-state index contributed by atoms with van der Waals surface area (Å²) in [5, 5.41) is 13.9. The summed E-state index contributed by atoms with van der Waals surface area (Å²) in [4.78, 5) is 38.5. The minimum Gasteiger partial charge on any atom is -0.366 e. The summed E-state index contributed by atoms with van der Waals surface area (Å²) in [7, 11) is 0. The fraction of sp³-hybridized carbons (Fsp3) is 0.263. The molecule has 2 amide bonds. The molecule has 9 heteroatoms. The van der Waals surface area contributed by atoms with Gasteiger partial charge >= 0.3 is 0 Å². The molecule has 1 N–H and O–H groups in total. The lowest BCUT2D eigenvalue weighted by molar-refractivity contribution is -0.384. The van der Waals surface area contributed by atoms with Gasteiger partial charge in [-0.05, 0) is 18.2 Å². The van der Waals surface area contributed by atoms with Gasteiger partial charge in [0.1, 0.15) is 0 Å². The Labute approximate surface area is 166 Å². The van der Waals surface area contributed by atoms with Crippen molar-refractivity contribution in [2.24, 2.45) is 0 Å². The minimum absolute atomic E-state index is 0.0343. The van der Waals surface area contributed by atoms with Gasteiger partial charge in [-0.15, -0.1) is 0 Å². The number of non-ortho nitro benzene ring substituents is 1. The van der Waals surface area contributed by atoms with Crippen molar-refractivity contribution in [2.75, 3.05) is 36.4 Å². The van der Waals surface area contributed by atoms with E-state index in [-0.39, 0.29) is 22.2 Å². The Kier molecular flexibility index (Phi) is 5.79. The van der Waals surface area contributed by atoms with E-state index >= 15 is 0 Å². The van der Waals surface area contributed by atoms with E-state index in [9.17, 15) is 19.7 Å². The molecule has 0 bridgehead atoms. The number of benzene rings is 2. The van der Waals surface area contributed by atoms with Crippen molar-refractivity contribution >= 4 is 40.5 Å². The van der Waals surface area contributed by atoms with Crippen molar-refractivity contribution in [3.63, 3.8) is 0 Å². The highest BCUT2D eigenvalue weighted by Crippen LogP contribution is 2.29. The fourth-order valence-electron chi connectivity index (χ4n) is 3.11. The van der Waals surface area contributed by atoms with E-state index in [0.717, 1.165) is 11.8 Å². The first-order valence-electron chi connectivity index (χ1n) is 8.71. The maximum atomic E-state index is 12.7. The smallest absolute Gasteiger partial charge is 0.270 e. The lowest BCUT2D eigenvalue weighted by atomic mass is 10.1. The normalized spacial score (nSPS) is 13.9. The maximum Gasteiger partial charge on any atom is 0.270 e. The van der Waals surface area contributed by atoms with E-state index in [4.69, 9.17) is 11.6 Å². The highest BCUT2D eigenvalue weighted by Gasteiger charge is 2.22. The van der Waals surface area contributed by atoms with Crippen molar-refractivity contribution in [1.82, 2.24) is 4.90 Å². The second-order valence-electron chi connectivity index (χ2n) is 6.39. The molecule has 0 spiro atoms. The van der Waals surface area contributed by atoms with E-state index in [2.05, 4.69) is 10.2 Å². The Morgan fingerprint density at radius 2 is 1.79 bits per heavy atom. The summed E-state index contributed by atoms with van der Waals surface area (Å²) in [6.45, 7) is 4.04. The first-order valence-corrected chi connectivity index (χ1v) is 9.09. The second kappa shape index (κ2) is 8.26. The Bertz CT molecular complexity index is 926.